The Morgan fingerprint density at radius 1 is 1.10 bits per heavy atom. The predicted octanol–water partition coefficient (Wildman–Crippen LogP) is 3.77. The zero-order valence-corrected chi connectivity index (χ0v) is 24.5. The number of pyridine rings is 2. The summed E-state index contributed by atoms with van der Waals surface area (Å²) in [4.78, 5) is 33.0. The molecule has 0 atom stereocenters. The Labute approximate surface area is 235 Å². The number of nitrogens with one attached hydrogen (secondary N) is 1. The van der Waals surface area contributed by atoms with E-state index in [0.717, 1.165) is 59.0 Å². The Hall–Kier alpha value is -3.50. The van der Waals surface area contributed by atoms with Crippen LogP contribution in [-0.4, -0.2) is 98.3 Å². The number of aryl methyl sites for hydroxylation is 1. The molecule has 4 aromatic heterocycles. The van der Waals surface area contributed by atoms with Gasteiger partial charge in [-0.25, -0.2) is 14.5 Å². The lowest BCUT2D eigenvalue weighted by atomic mass is 9.95. The van der Waals surface area contributed by atoms with Crippen molar-refractivity contribution in [3.63, 3.8) is 0 Å². The number of H-pyrrole nitrogens is 1. The highest BCUT2D eigenvalue weighted by molar-refractivity contribution is 5.90. The first kappa shape index (κ1) is 26.7. The number of aromatic amines is 1. The molecule has 10 nitrogen and oxygen atoms in total. The maximum atomic E-state index is 13.1. The third kappa shape index (κ3) is 4.62. The average molecular weight is 545 g/mol. The number of carbonyl (C=O) groups excluding carboxylic acids is 1. The molecule has 1 amide bonds. The molecular weight excluding hydrogens is 504 g/mol. The molecule has 0 radical (unpaired) electrons. The summed E-state index contributed by atoms with van der Waals surface area (Å²) in [5.74, 6) is 1.43. The van der Waals surface area contributed by atoms with Crippen molar-refractivity contribution < 1.29 is 9.53 Å². The number of rotatable bonds is 5. The van der Waals surface area contributed by atoms with Crippen molar-refractivity contribution in [2.75, 3.05) is 57.4 Å². The number of anilines is 1. The minimum atomic E-state index is -0.114. The largest absolute Gasteiger partial charge is 0.378 e. The Balaban J connectivity index is 1.24. The molecule has 4 aromatic rings. The van der Waals surface area contributed by atoms with E-state index in [1.165, 1.54) is 11.1 Å². The fourth-order valence-electron chi connectivity index (χ4n) is 6.11. The van der Waals surface area contributed by atoms with E-state index in [1.807, 2.05) is 9.42 Å². The van der Waals surface area contributed by atoms with Gasteiger partial charge in [0.2, 0.25) is 5.91 Å². The van der Waals surface area contributed by atoms with Crippen LogP contribution in [0, 0.1) is 13.8 Å². The summed E-state index contributed by atoms with van der Waals surface area (Å²) in [6, 6.07) is 4.24. The molecule has 0 bridgehead atoms. The van der Waals surface area contributed by atoms with Gasteiger partial charge in [0.1, 0.15) is 12.1 Å². The standard InChI is InChI=1S/C30H40N8O2/c1-19(2)26-27(22-15-38-29(31-18-32-38)21(4)20(22)3)33-23-7-8-24(34-28(23)26)35-9-11-36(12-10-35)25(39)16-37-13-14-40-17-30(37,5)6/h7-8,15,18-19,33H,9-14,16-17H2,1-6H3. The van der Waals surface area contributed by atoms with E-state index in [4.69, 9.17) is 9.72 Å². The van der Waals surface area contributed by atoms with Crippen LogP contribution in [-0.2, 0) is 9.53 Å². The van der Waals surface area contributed by atoms with Crippen molar-refractivity contribution in [3.8, 4) is 11.3 Å². The molecule has 0 aliphatic carbocycles. The van der Waals surface area contributed by atoms with Crippen molar-refractivity contribution >= 4 is 28.4 Å². The first-order chi connectivity index (χ1) is 19.1. The Morgan fingerprint density at radius 2 is 1.88 bits per heavy atom. The smallest absolute Gasteiger partial charge is 0.236 e. The highest BCUT2D eigenvalue weighted by Crippen LogP contribution is 2.38. The zero-order valence-electron chi connectivity index (χ0n) is 24.5. The van der Waals surface area contributed by atoms with Crippen molar-refractivity contribution in [1.82, 2.24) is 34.4 Å². The van der Waals surface area contributed by atoms with Crippen LogP contribution in [0.3, 0.4) is 0 Å². The lowest BCUT2D eigenvalue weighted by molar-refractivity contribution is -0.137. The Bertz CT molecular complexity index is 1560. The SMILES string of the molecule is Cc1c(-c2[nH]c3ccc(N4CCN(C(=O)CN5CCOCC5(C)C)CC4)nc3c2C(C)C)cn2ncnc2c1C. The second-order valence-corrected chi connectivity index (χ2v) is 12.1. The van der Waals surface area contributed by atoms with Gasteiger partial charge in [-0.05, 0) is 56.9 Å². The van der Waals surface area contributed by atoms with Gasteiger partial charge in [-0.2, -0.15) is 5.10 Å². The summed E-state index contributed by atoms with van der Waals surface area (Å²) in [5, 5.41) is 4.40. The van der Waals surface area contributed by atoms with Gasteiger partial charge in [-0.1, -0.05) is 13.8 Å². The van der Waals surface area contributed by atoms with Crippen LogP contribution in [0.4, 0.5) is 5.82 Å². The van der Waals surface area contributed by atoms with Crippen molar-refractivity contribution in [3.05, 3.63) is 41.3 Å². The molecule has 0 spiro atoms. The molecule has 6 heterocycles. The van der Waals surface area contributed by atoms with E-state index < -0.39 is 0 Å². The third-order valence-electron chi connectivity index (χ3n) is 8.74. The molecule has 40 heavy (non-hydrogen) atoms. The monoisotopic (exact) mass is 544 g/mol. The van der Waals surface area contributed by atoms with Gasteiger partial charge in [-0.15, -0.1) is 0 Å². The number of ether oxygens (including phenoxy) is 1. The second kappa shape index (κ2) is 10.2. The second-order valence-electron chi connectivity index (χ2n) is 12.1. The van der Waals surface area contributed by atoms with Gasteiger partial charge < -0.3 is 19.5 Å². The molecule has 2 aliphatic heterocycles. The van der Waals surface area contributed by atoms with E-state index in [-0.39, 0.29) is 17.4 Å². The number of piperazine rings is 1. The number of nitrogens with zero attached hydrogens (tertiary/aromatic N) is 7. The molecule has 2 fully saturated rings. The normalized spacial score (nSPS) is 18.4. The lowest BCUT2D eigenvalue weighted by Gasteiger charge is -2.43. The number of morpholine rings is 1. The molecule has 10 heteroatoms. The van der Waals surface area contributed by atoms with E-state index >= 15 is 0 Å². The summed E-state index contributed by atoms with van der Waals surface area (Å²) < 4.78 is 7.48. The molecule has 1 N–H and O–H groups in total. The highest BCUT2D eigenvalue weighted by Gasteiger charge is 2.33. The van der Waals surface area contributed by atoms with E-state index in [2.05, 4.69) is 84.7 Å². The molecule has 2 aliphatic rings. The van der Waals surface area contributed by atoms with Gasteiger partial charge in [0.25, 0.3) is 0 Å². The number of amides is 1. The fraction of sp³-hybridized carbons (Fsp3) is 0.533. The fourth-order valence-corrected chi connectivity index (χ4v) is 6.11. The van der Waals surface area contributed by atoms with E-state index in [9.17, 15) is 4.79 Å². The van der Waals surface area contributed by atoms with Gasteiger partial charge in [0, 0.05) is 55.6 Å². The number of aromatic nitrogens is 5. The van der Waals surface area contributed by atoms with E-state index in [1.54, 1.807) is 6.33 Å². The topological polar surface area (TPSA) is 94.9 Å². The van der Waals surface area contributed by atoms with Crippen LogP contribution in [0.25, 0.3) is 27.9 Å². The maximum Gasteiger partial charge on any atom is 0.236 e. The van der Waals surface area contributed by atoms with Crippen LogP contribution in [0.2, 0.25) is 0 Å². The minimum absolute atomic E-state index is 0.114. The quantitative estimate of drug-likeness (QED) is 0.409. The third-order valence-corrected chi connectivity index (χ3v) is 8.74. The zero-order chi connectivity index (χ0) is 28.2. The summed E-state index contributed by atoms with van der Waals surface area (Å²) in [7, 11) is 0. The molecule has 6 rings (SSSR count). The molecule has 2 saturated heterocycles. The van der Waals surface area contributed by atoms with Crippen molar-refractivity contribution in [2.45, 2.75) is 53.0 Å². The van der Waals surface area contributed by atoms with Gasteiger partial charge in [0.15, 0.2) is 5.65 Å². The first-order valence-electron chi connectivity index (χ1n) is 14.3. The number of hydrogen-bond donors (Lipinski definition) is 1. The highest BCUT2D eigenvalue weighted by atomic mass is 16.5. The van der Waals surface area contributed by atoms with Crippen LogP contribution in [0.5, 0.6) is 0 Å². The van der Waals surface area contributed by atoms with Crippen LogP contribution in [0.1, 0.15) is 50.3 Å². The molecule has 0 aromatic carbocycles. The summed E-state index contributed by atoms with van der Waals surface area (Å²) in [6.45, 7) is 18.5. The number of fused-ring (bicyclic) bond motifs is 2. The first-order valence-corrected chi connectivity index (χ1v) is 14.3. The Morgan fingerprint density at radius 3 is 2.60 bits per heavy atom. The summed E-state index contributed by atoms with van der Waals surface area (Å²) in [6.07, 6.45) is 3.67. The molecule has 212 valence electrons. The van der Waals surface area contributed by atoms with Crippen molar-refractivity contribution in [1.29, 1.82) is 0 Å². The lowest BCUT2D eigenvalue weighted by Crippen LogP contribution is -2.58. The van der Waals surface area contributed by atoms with Gasteiger partial charge in [-0.3, -0.25) is 9.69 Å². The molecular formula is C30H40N8O2. The number of hydrogen-bond acceptors (Lipinski definition) is 7. The Kier molecular flexibility index (Phi) is 6.78. The summed E-state index contributed by atoms with van der Waals surface area (Å²) >= 11 is 0. The van der Waals surface area contributed by atoms with Crippen LogP contribution < -0.4 is 4.90 Å². The maximum absolute atomic E-state index is 13.1. The average Bonchev–Trinajstić information content (AvgIpc) is 3.56. The van der Waals surface area contributed by atoms with Gasteiger partial charge in [0.05, 0.1) is 36.5 Å². The molecule has 0 unspecified atom stereocenters. The number of carbonyl (C=O) groups is 1. The van der Waals surface area contributed by atoms with Gasteiger partial charge >= 0.3 is 0 Å². The van der Waals surface area contributed by atoms with Crippen LogP contribution >= 0.6 is 0 Å². The van der Waals surface area contributed by atoms with Crippen LogP contribution in [0.15, 0.2) is 24.7 Å². The predicted molar refractivity (Wildman–Crippen MR) is 157 cm³/mol. The van der Waals surface area contributed by atoms with E-state index in [0.29, 0.717) is 32.8 Å². The molecule has 0 saturated carbocycles. The minimum Gasteiger partial charge on any atom is -0.378 e. The summed E-state index contributed by atoms with van der Waals surface area (Å²) in [5.41, 5.74) is 8.54. The van der Waals surface area contributed by atoms with Crippen molar-refractivity contribution in [2.24, 2.45) is 0 Å².